The van der Waals surface area contributed by atoms with Gasteiger partial charge in [-0.1, -0.05) is 11.3 Å². The Kier molecular flexibility index (Phi) is 7.36. The number of carbonyl (C=O) groups excluding carboxylic acids is 1. The summed E-state index contributed by atoms with van der Waals surface area (Å²) in [7, 11) is -6.62. The predicted octanol–water partition coefficient (Wildman–Crippen LogP) is 1.24. The fraction of sp³-hybridized carbons (Fsp3) is 0.579. The molecule has 12 heteroatoms. The summed E-state index contributed by atoms with van der Waals surface area (Å²) in [4.78, 5) is 17.9. The van der Waals surface area contributed by atoms with Crippen molar-refractivity contribution in [3.8, 4) is 0 Å². The van der Waals surface area contributed by atoms with E-state index >= 15 is 0 Å². The van der Waals surface area contributed by atoms with Crippen LogP contribution in [0.3, 0.4) is 0 Å². The van der Waals surface area contributed by atoms with Crippen LogP contribution in [0, 0.1) is 5.92 Å². The first-order chi connectivity index (χ1) is 14.5. The number of sulfone groups is 1. The number of benzene rings is 1. The molecule has 2 aromatic rings. The lowest BCUT2D eigenvalue weighted by Crippen LogP contribution is -2.39. The van der Waals surface area contributed by atoms with Gasteiger partial charge in [0.15, 0.2) is 14.6 Å². The highest BCUT2D eigenvalue weighted by atomic mass is 32.2. The lowest BCUT2D eigenvalue weighted by molar-refractivity contribution is -0.122. The zero-order valence-corrected chi connectivity index (χ0v) is 20.2. The summed E-state index contributed by atoms with van der Waals surface area (Å²) in [5.74, 6) is -0.622. The van der Waals surface area contributed by atoms with E-state index in [9.17, 15) is 21.6 Å². The topological polar surface area (TPSA) is 115 Å². The van der Waals surface area contributed by atoms with Gasteiger partial charge in [-0.25, -0.2) is 21.1 Å². The number of hydrogen-bond acceptors (Lipinski definition) is 7. The third kappa shape index (κ3) is 5.80. The molecule has 0 bridgehead atoms. The number of carbonyl (C=O) groups is 1. The van der Waals surface area contributed by atoms with Gasteiger partial charge in [0.05, 0.1) is 28.0 Å². The van der Waals surface area contributed by atoms with Crippen LogP contribution in [0.2, 0.25) is 0 Å². The van der Waals surface area contributed by atoms with Gasteiger partial charge in [0, 0.05) is 38.4 Å². The highest BCUT2D eigenvalue weighted by molar-refractivity contribution is 7.90. The summed E-state index contributed by atoms with van der Waals surface area (Å²) < 4.78 is 56.6. The molecule has 172 valence electrons. The van der Waals surface area contributed by atoms with Crippen molar-refractivity contribution in [1.29, 1.82) is 0 Å². The van der Waals surface area contributed by atoms with E-state index in [0.717, 1.165) is 16.5 Å². The van der Waals surface area contributed by atoms with E-state index < -0.39 is 19.9 Å². The number of aromatic nitrogens is 1. The minimum Gasteiger partial charge on any atom is -0.380 e. The van der Waals surface area contributed by atoms with Gasteiger partial charge < -0.3 is 9.30 Å². The number of thiazole rings is 1. The Labute approximate surface area is 186 Å². The number of fused-ring (bicyclic) bond motifs is 1. The number of ether oxygens (including phenoxy) is 1. The average Bonchev–Trinajstić information content (AvgIpc) is 3.03. The van der Waals surface area contributed by atoms with Crippen molar-refractivity contribution in [2.45, 2.75) is 31.2 Å². The number of piperidine rings is 1. The second-order valence-corrected chi connectivity index (χ2v) is 12.5. The first-order valence-corrected chi connectivity index (χ1v) is 14.5. The Hall–Kier alpha value is -1.60. The van der Waals surface area contributed by atoms with Gasteiger partial charge in [-0.2, -0.15) is 4.99 Å². The second kappa shape index (κ2) is 9.49. The van der Waals surface area contributed by atoms with E-state index in [4.69, 9.17) is 4.74 Å². The molecule has 0 saturated carbocycles. The molecule has 0 N–H and O–H groups in total. The second-order valence-electron chi connectivity index (χ2n) is 7.52. The predicted molar refractivity (Wildman–Crippen MR) is 119 cm³/mol. The smallest absolute Gasteiger partial charge is 0.251 e. The number of rotatable bonds is 7. The Morgan fingerprint density at radius 1 is 1.19 bits per heavy atom. The van der Waals surface area contributed by atoms with Gasteiger partial charge in [0.2, 0.25) is 10.0 Å². The van der Waals surface area contributed by atoms with Gasteiger partial charge in [0.1, 0.15) is 0 Å². The van der Waals surface area contributed by atoms with Gasteiger partial charge in [0.25, 0.3) is 5.91 Å². The van der Waals surface area contributed by atoms with Crippen molar-refractivity contribution in [2.75, 3.05) is 38.8 Å². The molecule has 0 aliphatic carbocycles. The summed E-state index contributed by atoms with van der Waals surface area (Å²) in [6.07, 6.45) is 3.18. The fourth-order valence-electron chi connectivity index (χ4n) is 3.51. The van der Waals surface area contributed by atoms with Crippen molar-refractivity contribution in [2.24, 2.45) is 10.9 Å². The highest BCUT2D eigenvalue weighted by Gasteiger charge is 2.29. The molecule has 0 radical (unpaired) electrons. The summed E-state index contributed by atoms with van der Waals surface area (Å²) in [5.41, 5.74) is 0.788. The van der Waals surface area contributed by atoms with Crippen molar-refractivity contribution in [3.63, 3.8) is 0 Å². The third-order valence-corrected chi connectivity index (χ3v) is 8.68. The quantitative estimate of drug-likeness (QED) is 0.541. The van der Waals surface area contributed by atoms with E-state index in [1.165, 1.54) is 21.9 Å². The van der Waals surface area contributed by atoms with Crippen LogP contribution in [0.1, 0.15) is 19.8 Å². The van der Waals surface area contributed by atoms with Gasteiger partial charge >= 0.3 is 0 Å². The Morgan fingerprint density at radius 3 is 2.45 bits per heavy atom. The summed E-state index contributed by atoms with van der Waals surface area (Å²) in [6.45, 7) is 3.98. The van der Waals surface area contributed by atoms with Crippen LogP contribution in [0.25, 0.3) is 10.2 Å². The molecule has 0 atom stereocenters. The molecule has 1 aliphatic heterocycles. The van der Waals surface area contributed by atoms with E-state index in [0.29, 0.717) is 50.5 Å². The van der Waals surface area contributed by atoms with Gasteiger partial charge in [-0.05, 0) is 38.0 Å². The molecule has 9 nitrogen and oxygen atoms in total. The van der Waals surface area contributed by atoms with Gasteiger partial charge in [-0.3, -0.25) is 4.79 Å². The zero-order chi connectivity index (χ0) is 22.8. The largest absolute Gasteiger partial charge is 0.380 e. The molecule has 1 saturated heterocycles. The molecule has 31 heavy (non-hydrogen) atoms. The van der Waals surface area contributed by atoms with E-state index in [2.05, 4.69) is 4.99 Å². The average molecular weight is 490 g/mol. The van der Waals surface area contributed by atoms with Crippen molar-refractivity contribution < 1.29 is 26.4 Å². The van der Waals surface area contributed by atoms with Crippen molar-refractivity contribution in [1.82, 2.24) is 8.87 Å². The fourth-order valence-corrected chi connectivity index (χ4v) is 6.20. The highest BCUT2D eigenvalue weighted by Crippen LogP contribution is 2.23. The molecule has 1 aliphatic rings. The van der Waals surface area contributed by atoms with Crippen molar-refractivity contribution >= 4 is 47.3 Å². The molecule has 1 aromatic carbocycles. The maximum absolute atomic E-state index is 12.8. The maximum atomic E-state index is 12.8. The van der Waals surface area contributed by atoms with Crippen LogP contribution >= 0.6 is 11.3 Å². The van der Waals surface area contributed by atoms with Crippen LogP contribution in [0.5, 0.6) is 0 Å². The minimum absolute atomic E-state index is 0.212. The van der Waals surface area contributed by atoms with Crippen molar-refractivity contribution in [3.05, 3.63) is 23.0 Å². The van der Waals surface area contributed by atoms with Crippen LogP contribution in [0.4, 0.5) is 0 Å². The molecule has 3 rings (SSSR count). The lowest BCUT2D eigenvalue weighted by Gasteiger charge is -2.28. The Balaban J connectivity index is 1.94. The number of amides is 1. The molecule has 1 aromatic heterocycles. The summed E-state index contributed by atoms with van der Waals surface area (Å²) in [6, 6.07) is 4.87. The first-order valence-electron chi connectivity index (χ1n) is 9.95. The third-order valence-electron chi connectivity index (χ3n) is 5.22. The Morgan fingerprint density at radius 2 is 1.87 bits per heavy atom. The lowest BCUT2D eigenvalue weighted by atomic mass is 9.98. The molecule has 1 amide bonds. The standard InChI is InChI=1S/C19H27N3O6S3/c1-4-28-12-11-22-16-6-5-15(30(2,24)25)13-17(16)29-19(22)20-18(23)14-7-9-21(10-8-14)31(3,26)27/h5-6,13-14H,4,7-12H2,1-3H3. The number of nitrogens with zero attached hydrogens (tertiary/aromatic N) is 3. The molecule has 0 unspecified atom stereocenters. The molecule has 2 heterocycles. The minimum atomic E-state index is -3.35. The summed E-state index contributed by atoms with van der Waals surface area (Å²) in [5, 5.41) is 0. The van der Waals surface area contributed by atoms with E-state index in [1.807, 2.05) is 11.5 Å². The van der Waals surface area contributed by atoms with Crippen LogP contribution in [0.15, 0.2) is 28.1 Å². The van der Waals surface area contributed by atoms with E-state index in [-0.39, 0.29) is 16.7 Å². The molecular weight excluding hydrogens is 462 g/mol. The first kappa shape index (κ1) is 24.1. The summed E-state index contributed by atoms with van der Waals surface area (Å²) >= 11 is 1.26. The molecular formula is C19H27N3O6S3. The SMILES string of the molecule is CCOCCn1c(=NC(=O)C2CCN(S(C)(=O)=O)CC2)sc2cc(S(C)(=O)=O)ccc21. The maximum Gasteiger partial charge on any atom is 0.251 e. The Bertz CT molecular complexity index is 1240. The zero-order valence-electron chi connectivity index (χ0n) is 17.8. The van der Waals surface area contributed by atoms with E-state index in [1.54, 1.807) is 18.2 Å². The van der Waals surface area contributed by atoms with Crippen LogP contribution in [-0.2, 0) is 35.9 Å². The molecule has 1 fully saturated rings. The van der Waals surface area contributed by atoms with Crippen LogP contribution in [-0.4, -0.2) is 70.4 Å². The van der Waals surface area contributed by atoms with Gasteiger partial charge in [-0.15, -0.1) is 0 Å². The number of hydrogen-bond donors (Lipinski definition) is 0. The molecule has 0 spiro atoms. The normalized spacial score (nSPS) is 17.5. The monoisotopic (exact) mass is 489 g/mol. The number of sulfonamides is 1. The van der Waals surface area contributed by atoms with Crippen LogP contribution < -0.4 is 4.80 Å².